The Morgan fingerprint density at radius 2 is 2.50 bits per heavy atom. The van der Waals surface area contributed by atoms with Crippen molar-refractivity contribution < 1.29 is 9.90 Å². The van der Waals surface area contributed by atoms with E-state index in [1.807, 2.05) is 0 Å². The van der Waals surface area contributed by atoms with Gasteiger partial charge in [0.25, 0.3) is 0 Å². The maximum atomic E-state index is 10.5. The number of anilines is 1. The molecule has 1 aromatic heterocycles. The molecular formula is C10H16N2O2S2. The lowest BCUT2D eigenvalue weighted by molar-refractivity contribution is -0.136. The van der Waals surface area contributed by atoms with E-state index in [4.69, 9.17) is 5.11 Å². The summed E-state index contributed by atoms with van der Waals surface area (Å²) in [7, 11) is 0. The second-order valence-corrected chi connectivity index (χ2v) is 5.19. The molecule has 1 atom stereocenters. The van der Waals surface area contributed by atoms with Gasteiger partial charge in [-0.1, -0.05) is 6.92 Å². The van der Waals surface area contributed by atoms with Crippen molar-refractivity contribution in [3.05, 3.63) is 11.1 Å². The zero-order chi connectivity index (χ0) is 12.0. The fraction of sp³-hybridized carbons (Fsp3) is 0.600. The molecule has 90 valence electrons. The topological polar surface area (TPSA) is 62.2 Å². The number of hydrogen-bond acceptors (Lipinski definition) is 5. The SMILES string of the molecule is CCC(CSC)Nc1nc(CC(=O)O)cs1. The number of thiazole rings is 1. The summed E-state index contributed by atoms with van der Waals surface area (Å²) in [5, 5.41) is 14.6. The first-order valence-corrected chi connectivity index (χ1v) is 7.34. The summed E-state index contributed by atoms with van der Waals surface area (Å²) in [6, 6.07) is 0.402. The molecule has 6 heteroatoms. The molecule has 1 rings (SSSR count). The van der Waals surface area contributed by atoms with Crippen LogP contribution in [0.1, 0.15) is 19.0 Å². The second kappa shape index (κ2) is 6.75. The number of carboxylic acids is 1. The molecule has 0 bridgehead atoms. The number of rotatable bonds is 7. The lowest BCUT2D eigenvalue weighted by atomic mass is 10.3. The smallest absolute Gasteiger partial charge is 0.309 e. The van der Waals surface area contributed by atoms with Crippen molar-refractivity contribution in [1.29, 1.82) is 0 Å². The van der Waals surface area contributed by atoms with Crippen LogP contribution in [0.3, 0.4) is 0 Å². The van der Waals surface area contributed by atoms with Crippen LogP contribution in [0.2, 0.25) is 0 Å². The first-order chi connectivity index (χ1) is 7.65. The van der Waals surface area contributed by atoms with E-state index in [0.717, 1.165) is 17.3 Å². The normalized spacial score (nSPS) is 12.4. The maximum absolute atomic E-state index is 10.5. The van der Waals surface area contributed by atoms with Gasteiger partial charge < -0.3 is 10.4 Å². The molecule has 0 saturated carbocycles. The highest BCUT2D eigenvalue weighted by atomic mass is 32.2. The van der Waals surface area contributed by atoms with Crippen molar-refractivity contribution in [2.45, 2.75) is 25.8 Å². The number of nitrogens with zero attached hydrogens (tertiary/aromatic N) is 1. The molecule has 0 aliphatic carbocycles. The molecule has 0 spiro atoms. The Balaban J connectivity index is 2.53. The van der Waals surface area contributed by atoms with E-state index >= 15 is 0 Å². The minimum absolute atomic E-state index is 0.00248. The van der Waals surface area contributed by atoms with E-state index < -0.39 is 5.97 Å². The van der Waals surface area contributed by atoms with Crippen LogP contribution in [-0.4, -0.2) is 34.1 Å². The third kappa shape index (κ3) is 4.40. The van der Waals surface area contributed by atoms with E-state index in [9.17, 15) is 4.79 Å². The summed E-state index contributed by atoms with van der Waals surface area (Å²) in [5.74, 6) is 0.192. The van der Waals surface area contributed by atoms with Gasteiger partial charge in [-0.3, -0.25) is 4.79 Å². The summed E-state index contributed by atoms with van der Waals surface area (Å²) in [5.41, 5.74) is 0.624. The number of hydrogen-bond donors (Lipinski definition) is 2. The van der Waals surface area contributed by atoms with Crippen molar-refractivity contribution in [3.63, 3.8) is 0 Å². The molecule has 0 aromatic carbocycles. The molecule has 0 aliphatic heterocycles. The predicted molar refractivity (Wildman–Crippen MR) is 69.5 cm³/mol. The highest BCUT2D eigenvalue weighted by molar-refractivity contribution is 7.98. The third-order valence-electron chi connectivity index (χ3n) is 2.07. The van der Waals surface area contributed by atoms with Gasteiger partial charge in [-0.05, 0) is 12.7 Å². The lowest BCUT2D eigenvalue weighted by Gasteiger charge is -2.14. The molecule has 0 fully saturated rings. The van der Waals surface area contributed by atoms with Gasteiger partial charge in [-0.25, -0.2) is 4.98 Å². The van der Waals surface area contributed by atoms with E-state index in [2.05, 4.69) is 23.5 Å². The van der Waals surface area contributed by atoms with Crippen LogP contribution in [0, 0.1) is 0 Å². The van der Waals surface area contributed by atoms with Gasteiger partial charge in [0.15, 0.2) is 5.13 Å². The van der Waals surface area contributed by atoms with Gasteiger partial charge in [-0.15, -0.1) is 11.3 Å². The largest absolute Gasteiger partial charge is 0.481 e. The van der Waals surface area contributed by atoms with Crippen LogP contribution in [0.5, 0.6) is 0 Å². The Hall–Kier alpha value is -0.750. The van der Waals surface area contributed by atoms with Crippen LogP contribution in [0.15, 0.2) is 5.38 Å². The average Bonchev–Trinajstić information content (AvgIpc) is 2.64. The highest BCUT2D eigenvalue weighted by Gasteiger charge is 2.09. The minimum atomic E-state index is -0.840. The molecule has 2 N–H and O–H groups in total. The van der Waals surface area contributed by atoms with Crippen molar-refractivity contribution >= 4 is 34.2 Å². The first-order valence-electron chi connectivity index (χ1n) is 5.07. The number of aromatic nitrogens is 1. The van der Waals surface area contributed by atoms with Gasteiger partial charge in [0.1, 0.15) is 0 Å². The van der Waals surface area contributed by atoms with Crippen LogP contribution in [0.4, 0.5) is 5.13 Å². The summed E-state index contributed by atoms with van der Waals surface area (Å²) in [6.07, 6.45) is 3.11. The van der Waals surface area contributed by atoms with Crippen LogP contribution >= 0.6 is 23.1 Å². The van der Waals surface area contributed by atoms with Gasteiger partial charge in [-0.2, -0.15) is 11.8 Å². The molecule has 1 heterocycles. The van der Waals surface area contributed by atoms with Gasteiger partial charge in [0.2, 0.25) is 0 Å². The standard InChI is InChI=1S/C10H16N2O2S2/c1-3-7(5-15-2)11-10-12-8(6-16-10)4-9(13)14/h6-7H,3-5H2,1-2H3,(H,11,12)(H,13,14). The van der Waals surface area contributed by atoms with Crippen LogP contribution < -0.4 is 5.32 Å². The quantitative estimate of drug-likeness (QED) is 0.788. The third-order valence-corrected chi connectivity index (χ3v) is 3.63. The minimum Gasteiger partial charge on any atom is -0.481 e. The molecule has 16 heavy (non-hydrogen) atoms. The predicted octanol–water partition coefficient (Wildman–Crippen LogP) is 2.32. The Labute approximate surface area is 103 Å². The fourth-order valence-electron chi connectivity index (χ4n) is 1.25. The second-order valence-electron chi connectivity index (χ2n) is 3.42. The summed E-state index contributed by atoms with van der Waals surface area (Å²) >= 11 is 3.26. The van der Waals surface area contributed by atoms with E-state index in [1.54, 1.807) is 17.1 Å². The maximum Gasteiger partial charge on any atom is 0.309 e. The Morgan fingerprint density at radius 1 is 1.75 bits per heavy atom. The van der Waals surface area contributed by atoms with Crippen molar-refractivity contribution in [2.24, 2.45) is 0 Å². The Kier molecular flexibility index (Phi) is 5.62. The zero-order valence-electron chi connectivity index (χ0n) is 9.40. The summed E-state index contributed by atoms with van der Waals surface area (Å²) in [4.78, 5) is 14.7. The molecular weight excluding hydrogens is 244 g/mol. The van der Waals surface area contributed by atoms with E-state index in [1.165, 1.54) is 11.3 Å². The lowest BCUT2D eigenvalue weighted by Crippen LogP contribution is -2.20. The zero-order valence-corrected chi connectivity index (χ0v) is 11.0. The number of nitrogens with one attached hydrogen (secondary N) is 1. The summed E-state index contributed by atoms with van der Waals surface area (Å²) < 4.78 is 0. The summed E-state index contributed by atoms with van der Waals surface area (Å²) in [6.45, 7) is 2.12. The van der Waals surface area contributed by atoms with E-state index in [-0.39, 0.29) is 6.42 Å². The molecule has 0 saturated heterocycles. The van der Waals surface area contributed by atoms with Gasteiger partial charge in [0, 0.05) is 17.2 Å². The molecule has 0 aliphatic rings. The fourth-order valence-corrected chi connectivity index (χ4v) is 2.76. The van der Waals surface area contributed by atoms with Crippen molar-refractivity contribution in [2.75, 3.05) is 17.3 Å². The average molecular weight is 260 g/mol. The highest BCUT2D eigenvalue weighted by Crippen LogP contribution is 2.18. The number of aliphatic carboxylic acids is 1. The first kappa shape index (κ1) is 13.3. The van der Waals surface area contributed by atoms with Crippen LogP contribution in [-0.2, 0) is 11.2 Å². The Morgan fingerprint density at radius 3 is 3.06 bits per heavy atom. The van der Waals surface area contributed by atoms with Crippen molar-refractivity contribution in [3.8, 4) is 0 Å². The number of thioether (sulfide) groups is 1. The van der Waals surface area contributed by atoms with Crippen LogP contribution in [0.25, 0.3) is 0 Å². The molecule has 4 nitrogen and oxygen atoms in total. The van der Waals surface area contributed by atoms with Crippen molar-refractivity contribution in [1.82, 2.24) is 4.98 Å². The number of carboxylic acid groups (broad SMARTS) is 1. The Bertz CT molecular complexity index is 341. The van der Waals surface area contributed by atoms with Gasteiger partial charge in [0.05, 0.1) is 12.1 Å². The number of carbonyl (C=O) groups is 1. The van der Waals surface area contributed by atoms with Gasteiger partial charge >= 0.3 is 5.97 Å². The molecule has 0 amide bonds. The molecule has 1 aromatic rings. The van der Waals surface area contributed by atoms with E-state index in [0.29, 0.717) is 11.7 Å². The molecule has 1 unspecified atom stereocenters. The molecule has 0 radical (unpaired) electrons. The monoisotopic (exact) mass is 260 g/mol.